The summed E-state index contributed by atoms with van der Waals surface area (Å²) < 4.78 is 28.3. The lowest BCUT2D eigenvalue weighted by Gasteiger charge is -2.20. The first-order valence-electron chi connectivity index (χ1n) is 9.48. The molecule has 0 saturated heterocycles. The second kappa shape index (κ2) is 9.36. The summed E-state index contributed by atoms with van der Waals surface area (Å²) >= 11 is 5.92. The molecule has 0 fully saturated rings. The van der Waals surface area contributed by atoms with E-state index in [1.54, 1.807) is 38.1 Å². The fraction of sp³-hybridized carbons (Fsp3) is 0.227. The summed E-state index contributed by atoms with van der Waals surface area (Å²) in [6.45, 7) is 3.29. The molecule has 31 heavy (non-hydrogen) atoms. The van der Waals surface area contributed by atoms with Crippen LogP contribution in [0.25, 0.3) is 16.9 Å². The molecule has 1 atom stereocenters. The molecular weight excluding hydrogens is 428 g/mol. The summed E-state index contributed by atoms with van der Waals surface area (Å²) in [6.07, 6.45) is 0. The summed E-state index contributed by atoms with van der Waals surface area (Å²) in [5.74, 6) is -2.62. The normalized spacial score (nSPS) is 12.1. The van der Waals surface area contributed by atoms with E-state index in [4.69, 9.17) is 11.6 Å². The molecule has 0 saturated carbocycles. The van der Waals surface area contributed by atoms with E-state index in [0.717, 1.165) is 16.8 Å². The summed E-state index contributed by atoms with van der Waals surface area (Å²) in [4.78, 5) is 25.9. The maximum Gasteiger partial charge on any atom is 0.284 e. The van der Waals surface area contributed by atoms with E-state index in [1.807, 2.05) is 0 Å². The molecule has 0 radical (unpaired) electrons. The van der Waals surface area contributed by atoms with Crippen LogP contribution in [0.4, 0.5) is 8.78 Å². The van der Waals surface area contributed by atoms with Gasteiger partial charge in [-0.05, 0) is 36.2 Å². The first-order valence-corrected chi connectivity index (χ1v) is 9.86. The van der Waals surface area contributed by atoms with Crippen LogP contribution in [0.3, 0.4) is 0 Å². The van der Waals surface area contributed by atoms with Crippen LogP contribution in [0.5, 0.6) is 0 Å². The van der Waals surface area contributed by atoms with Gasteiger partial charge in [0.1, 0.15) is 17.2 Å². The van der Waals surface area contributed by atoms with Gasteiger partial charge in [0.25, 0.3) is 11.5 Å². The Morgan fingerprint density at radius 2 is 1.74 bits per heavy atom. The summed E-state index contributed by atoms with van der Waals surface area (Å²) in [6, 6.07) is 9.74. The zero-order valence-corrected chi connectivity index (χ0v) is 17.5. The van der Waals surface area contributed by atoms with E-state index in [2.05, 4.69) is 10.4 Å². The zero-order valence-electron chi connectivity index (χ0n) is 16.8. The number of rotatable bonds is 6. The number of halogens is 3. The van der Waals surface area contributed by atoms with Crippen molar-refractivity contribution >= 4 is 17.5 Å². The van der Waals surface area contributed by atoms with Crippen LogP contribution in [0.1, 0.15) is 24.2 Å². The number of carbonyl (C=O) groups excluding carboxylic acids is 1. The molecule has 0 bridgehead atoms. The number of hydrogen-bond donors (Lipinski definition) is 2. The van der Waals surface area contributed by atoms with Crippen molar-refractivity contribution in [2.24, 2.45) is 5.92 Å². The minimum Gasteiger partial charge on any atom is -0.394 e. The van der Waals surface area contributed by atoms with Gasteiger partial charge in [0.05, 0.1) is 24.0 Å². The molecule has 0 aliphatic heterocycles. The number of nitrogens with zero attached hydrogens (tertiary/aromatic N) is 2. The maximum atomic E-state index is 13.8. The molecule has 0 aliphatic rings. The van der Waals surface area contributed by atoms with Gasteiger partial charge in [-0.3, -0.25) is 9.59 Å². The zero-order chi connectivity index (χ0) is 22.7. The van der Waals surface area contributed by atoms with Crippen LogP contribution in [0.15, 0.2) is 53.3 Å². The van der Waals surface area contributed by atoms with Crippen LogP contribution < -0.4 is 10.9 Å². The van der Waals surface area contributed by atoms with Crippen molar-refractivity contribution in [3.05, 3.63) is 81.1 Å². The smallest absolute Gasteiger partial charge is 0.284 e. The second-order valence-electron chi connectivity index (χ2n) is 7.30. The fourth-order valence-electron chi connectivity index (χ4n) is 2.92. The van der Waals surface area contributed by atoms with Gasteiger partial charge in [0.2, 0.25) is 0 Å². The van der Waals surface area contributed by atoms with Gasteiger partial charge in [0, 0.05) is 16.7 Å². The van der Waals surface area contributed by atoms with Crippen LogP contribution in [-0.4, -0.2) is 33.4 Å². The van der Waals surface area contributed by atoms with E-state index in [9.17, 15) is 23.5 Å². The first-order chi connectivity index (χ1) is 14.7. The molecule has 1 amide bonds. The van der Waals surface area contributed by atoms with Crippen molar-refractivity contribution in [2.75, 3.05) is 6.61 Å². The maximum absolute atomic E-state index is 13.8. The molecular formula is C22H20ClF2N3O3. The Labute approximate surface area is 182 Å². The van der Waals surface area contributed by atoms with Gasteiger partial charge < -0.3 is 10.4 Å². The van der Waals surface area contributed by atoms with Gasteiger partial charge in [0.15, 0.2) is 0 Å². The number of nitrogens with one attached hydrogen (secondary N) is 1. The van der Waals surface area contributed by atoms with Crippen molar-refractivity contribution < 1.29 is 18.7 Å². The Balaban J connectivity index is 2.19. The molecule has 1 aromatic heterocycles. The molecule has 6 nitrogen and oxygen atoms in total. The van der Waals surface area contributed by atoms with Crippen LogP contribution in [0.2, 0.25) is 5.02 Å². The van der Waals surface area contributed by atoms with Crippen molar-refractivity contribution in [1.29, 1.82) is 0 Å². The lowest BCUT2D eigenvalue weighted by molar-refractivity contribution is 0.0894. The number of carbonyl (C=O) groups is 1. The molecule has 2 N–H and O–H groups in total. The molecule has 3 aromatic rings. The lowest BCUT2D eigenvalue weighted by Crippen LogP contribution is -2.43. The van der Waals surface area contributed by atoms with E-state index in [1.165, 1.54) is 6.07 Å². The summed E-state index contributed by atoms with van der Waals surface area (Å²) in [7, 11) is 0. The van der Waals surface area contributed by atoms with Gasteiger partial charge >= 0.3 is 0 Å². The highest BCUT2D eigenvalue weighted by Gasteiger charge is 2.22. The quantitative estimate of drug-likeness (QED) is 0.605. The summed E-state index contributed by atoms with van der Waals surface area (Å²) in [5, 5.41) is 16.8. The predicted molar refractivity (Wildman–Crippen MR) is 113 cm³/mol. The molecule has 1 heterocycles. The minimum atomic E-state index is -0.897. The van der Waals surface area contributed by atoms with E-state index in [0.29, 0.717) is 16.7 Å². The topological polar surface area (TPSA) is 84.2 Å². The van der Waals surface area contributed by atoms with Crippen molar-refractivity contribution in [1.82, 2.24) is 15.1 Å². The highest BCUT2D eigenvalue weighted by Crippen LogP contribution is 2.21. The highest BCUT2D eigenvalue weighted by atomic mass is 35.5. The number of aliphatic hydroxyl groups excluding tert-OH is 1. The van der Waals surface area contributed by atoms with E-state index < -0.39 is 29.1 Å². The predicted octanol–water partition coefficient (Wildman–Crippen LogP) is 3.58. The Bertz CT molecular complexity index is 1140. The van der Waals surface area contributed by atoms with Crippen molar-refractivity contribution in [3.8, 4) is 16.9 Å². The molecule has 0 aliphatic carbocycles. The number of hydrogen-bond acceptors (Lipinski definition) is 4. The molecule has 0 unspecified atom stereocenters. The average Bonchev–Trinajstić information content (AvgIpc) is 2.71. The van der Waals surface area contributed by atoms with Gasteiger partial charge in [-0.25, -0.2) is 8.78 Å². The number of amides is 1. The van der Waals surface area contributed by atoms with Gasteiger partial charge in [-0.15, -0.1) is 0 Å². The lowest BCUT2D eigenvalue weighted by atomic mass is 10.0. The number of benzene rings is 2. The Morgan fingerprint density at radius 3 is 2.29 bits per heavy atom. The average molecular weight is 448 g/mol. The summed E-state index contributed by atoms with van der Waals surface area (Å²) in [5.41, 5.74) is -0.567. The third-order valence-corrected chi connectivity index (χ3v) is 4.96. The van der Waals surface area contributed by atoms with E-state index >= 15 is 0 Å². The molecule has 9 heteroatoms. The number of aliphatic hydroxyl groups is 1. The first kappa shape index (κ1) is 22.6. The van der Waals surface area contributed by atoms with Crippen LogP contribution in [0, 0.1) is 17.6 Å². The number of aromatic nitrogens is 2. The standard InChI is InChI=1S/C22H20ClF2N3O3/c1-12(2)20(11-29)26-21(30)18-10-19(13-3-5-14(23)6-4-13)27-28(22(18)31)17-8-15(24)7-16(25)9-17/h3-10,12,20,29H,11H2,1-2H3,(H,26,30)/t20-/m1/s1. The third kappa shape index (κ3) is 5.15. The van der Waals surface area contributed by atoms with Crippen LogP contribution >= 0.6 is 11.6 Å². The molecule has 2 aromatic carbocycles. The van der Waals surface area contributed by atoms with Crippen LogP contribution in [-0.2, 0) is 0 Å². The SMILES string of the molecule is CC(C)[C@@H](CO)NC(=O)c1cc(-c2ccc(Cl)cc2)nn(-c2cc(F)cc(F)c2)c1=O. The van der Waals surface area contributed by atoms with Crippen molar-refractivity contribution in [3.63, 3.8) is 0 Å². The molecule has 0 spiro atoms. The van der Waals surface area contributed by atoms with Gasteiger partial charge in [-0.2, -0.15) is 9.78 Å². The highest BCUT2D eigenvalue weighted by molar-refractivity contribution is 6.30. The Kier molecular flexibility index (Phi) is 6.82. The Morgan fingerprint density at radius 1 is 1.13 bits per heavy atom. The fourth-order valence-corrected chi connectivity index (χ4v) is 3.05. The van der Waals surface area contributed by atoms with E-state index in [-0.39, 0.29) is 29.5 Å². The Hall–Kier alpha value is -3.10. The van der Waals surface area contributed by atoms with Gasteiger partial charge in [-0.1, -0.05) is 37.6 Å². The van der Waals surface area contributed by atoms with Crippen molar-refractivity contribution in [2.45, 2.75) is 19.9 Å². The monoisotopic (exact) mass is 447 g/mol. The largest absolute Gasteiger partial charge is 0.394 e. The molecule has 3 rings (SSSR count). The second-order valence-corrected chi connectivity index (χ2v) is 7.74. The minimum absolute atomic E-state index is 0.0916. The third-order valence-electron chi connectivity index (χ3n) is 4.71. The molecule has 162 valence electrons.